The molecule has 3 heterocycles. The molecule has 0 saturated carbocycles. The highest BCUT2D eigenvalue weighted by Gasteiger charge is 2.23. The molecule has 0 bridgehead atoms. The molecule has 5 aromatic rings. The summed E-state index contributed by atoms with van der Waals surface area (Å²) >= 11 is 5.77. The molecule has 9 nitrogen and oxygen atoms in total. The Morgan fingerprint density at radius 2 is 1.75 bits per heavy atom. The third-order valence-corrected chi connectivity index (χ3v) is 6.32. The summed E-state index contributed by atoms with van der Waals surface area (Å²) in [6.45, 7) is 7.31. The summed E-state index contributed by atoms with van der Waals surface area (Å²) in [5, 5.41) is 13.4. The second-order valence-corrected chi connectivity index (χ2v) is 10.4. The lowest BCUT2D eigenvalue weighted by molar-refractivity contribution is 0.337. The number of hydrogen-bond donors (Lipinski definition) is 1. The Bertz CT molecular complexity index is 1620. The summed E-state index contributed by atoms with van der Waals surface area (Å²) in [4.78, 5) is 17.3. The van der Waals surface area contributed by atoms with Gasteiger partial charge in [-0.05, 0) is 35.2 Å². The number of nitrogens with one attached hydrogen (secondary N) is 1. The number of para-hydroxylation sites is 1. The molecule has 0 spiro atoms. The number of rotatable bonds is 6. The zero-order valence-corrected chi connectivity index (χ0v) is 21.5. The average Bonchev–Trinajstić information content (AvgIpc) is 3.50. The first-order valence-corrected chi connectivity index (χ1v) is 12.1. The van der Waals surface area contributed by atoms with E-state index in [1.165, 1.54) is 10.9 Å². The number of aromatic nitrogens is 7. The van der Waals surface area contributed by atoms with Gasteiger partial charge in [0.2, 0.25) is 0 Å². The number of nitrogens with zero attached hydrogens (tertiary/aromatic N) is 7. The van der Waals surface area contributed by atoms with Crippen LogP contribution in [-0.4, -0.2) is 33.7 Å². The molecule has 36 heavy (non-hydrogen) atoms. The zero-order valence-electron chi connectivity index (χ0n) is 20.7. The monoisotopic (exact) mass is 500 g/mol. The molecule has 0 saturated heterocycles. The average molecular weight is 501 g/mol. The van der Waals surface area contributed by atoms with E-state index in [0.717, 1.165) is 28.1 Å². The maximum atomic E-state index is 13.2. The molecule has 0 aliphatic carbocycles. The molecule has 1 N–H and O–H groups in total. The minimum atomic E-state index is -0.171. The van der Waals surface area contributed by atoms with E-state index in [1.54, 1.807) is 22.6 Å². The van der Waals surface area contributed by atoms with E-state index in [1.807, 2.05) is 59.3 Å². The minimum absolute atomic E-state index is 0.124. The van der Waals surface area contributed by atoms with Gasteiger partial charge in [-0.2, -0.15) is 10.2 Å². The van der Waals surface area contributed by atoms with Gasteiger partial charge in [0.25, 0.3) is 0 Å². The predicted molar refractivity (Wildman–Crippen MR) is 143 cm³/mol. The molecular weight excluding hydrogens is 472 g/mol. The third kappa shape index (κ3) is 4.59. The van der Waals surface area contributed by atoms with Crippen molar-refractivity contribution in [2.45, 2.75) is 33.9 Å². The second kappa shape index (κ2) is 9.19. The Labute approximate surface area is 213 Å². The van der Waals surface area contributed by atoms with E-state index in [2.05, 4.69) is 36.2 Å². The Morgan fingerprint density at radius 1 is 1.03 bits per heavy atom. The number of anilines is 2. The topological polar surface area (TPSA) is 87.5 Å². The summed E-state index contributed by atoms with van der Waals surface area (Å²) in [7, 11) is 1.72. The van der Waals surface area contributed by atoms with Gasteiger partial charge < -0.3 is 5.32 Å². The molecule has 184 valence electrons. The number of benzene rings is 2. The molecule has 3 aromatic heterocycles. The molecule has 0 amide bonds. The van der Waals surface area contributed by atoms with Gasteiger partial charge in [0.15, 0.2) is 5.65 Å². The Morgan fingerprint density at radius 3 is 2.39 bits per heavy atom. The highest BCUT2D eigenvalue weighted by Crippen LogP contribution is 2.29. The summed E-state index contributed by atoms with van der Waals surface area (Å²) in [6.07, 6.45) is 3.17. The standard InChI is InChI=1S/C26H28N8OS/c1-26(2,3)15-32-23-21(24(36)31(4)25(32)35)22(29-19-8-6-5-7-9-19)33(30-23)14-18-10-12-20(13-11-18)34-17-27-16-28-34/h5-13,16-17,29H,14-15H2,1-4H3. The smallest absolute Gasteiger partial charge is 0.330 e. The summed E-state index contributed by atoms with van der Waals surface area (Å²) in [5.41, 5.74) is 3.16. The summed E-state index contributed by atoms with van der Waals surface area (Å²) in [5.74, 6) is 0.750. The second-order valence-electron chi connectivity index (χ2n) is 10.00. The van der Waals surface area contributed by atoms with Crippen LogP contribution in [0, 0.1) is 10.1 Å². The van der Waals surface area contributed by atoms with Crippen LogP contribution in [0.15, 0.2) is 72.0 Å². The Kier molecular flexibility index (Phi) is 6.05. The van der Waals surface area contributed by atoms with Crippen molar-refractivity contribution in [2.75, 3.05) is 5.32 Å². The Hall–Kier alpha value is -4.05. The highest BCUT2D eigenvalue weighted by molar-refractivity contribution is 7.71. The van der Waals surface area contributed by atoms with E-state index < -0.39 is 0 Å². The van der Waals surface area contributed by atoms with Crippen LogP contribution in [0.4, 0.5) is 11.5 Å². The Balaban J connectivity index is 1.66. The first-order chi connectivity index (χ1) is 17.2. The van der Waals surface area contributed by atoms with E-state index in [-0.39, 0.29) is 11.1 Å². The fourth-order valence-electron chi connectivity index (χ4n) is 4.15. The van der Waals surface area contributed by atoms with Crippen LogP contribution >= 0.6 is 12.2 Å². The van der Waals surface area contributed by atoms with Crippen molar-refractivity contribution in [2.24, 2.45) is 12.5 Å². The highest BCUT2D eigenvalue weighted by atomic mass is 32.1. The van der Waals surface area contributed by atoms with Crippen molar-refractivity contribution >= 4 is 34.8 Å². The van der Waals surface area contributed by atoms with E-state index in [0.29, 0.717) is 23.4 Å². The molecule has 0 aliphatic heterocycles. The largest absolute Gasteiger partial charge is 0.340 e. The minimum Gasteiger partial charge on any atom is -0.340 e. The van der Waals surface area contributed by atoms with Crippen molar-refractivity contribution in [1.29, 1.82) is 0 Å². The maximum absolute atomic E-state index is 13.2. The third-order valence-electron chi connectivity index (χ3n) is 5.85. The number of fused-ring (bicyclic) bond motifs is 1. The van der Waals surface area contributed by atoms with Crippen LogP contribution in [0.3, 0.4) is 0 Å². The van der Waals surface area contributed by atoms with Crippen LogP contribution < -0.4 is 11.0 Å². The van der Waals surface area contributed by atoms with Crippen molar-refractivity contribution in [1.82, 2.24) is 33.7 Å². The lowest BCUT2D eigenvalue weighted by Gasteiger charge is -2.20. The normalized spacial score (nSPS) is 11.8. The maximum Gasteiger partial charge on any atom is 0.330 e. The van der Waals surface area contributed by atoms with Crippen LogP contribution in [0.1, 0.15) is 26.3 Å². The van der Waals surface area contributed by atoms with Gasteiger partial charge in [0.05, 0.1) is 17.6 Å². The summed E-state index contributed by atoms with van der Waals surface area (Å²) in [6, 6.07) is 17.9. The molecule has 0 atom stereocenters. The van der Waals surface area contributed by atoms with Gasteiger partial charge in [-0.1, -0.05) is 63.3 Å². The van der Waals surface area contributed by atoms with Gasteiger partial charge >= 0.3 is 5.69 Å². The first-order valence-electron chi connectivity index (χ1n) is 11.7. The van der Waals surface area contributed by atoms with Gasteiger partial charge in [-0.15, -0.1) is 0 Å². The van der Waals surface area contributed by atoms with Crippen molar-refractivity contribution < 1.29 is 0 Å². The molecule has 0 radical (unpaired) electrons. The van der Waals surface area contributed by atoms with Crippen molar-refractivity contribution in [3.05, 3.63) is 87.9 Å². The van der Waals surface area contributed by atoms with Crippen molar-refractivity contribution in [3.8, 4) is 5.69 Å². The molecule has 0 aliphatic rings. The fraction of sp³-hybridized carbons (Fsp3) is 0.269. The molecule has 10 heteroatoms. The molecule has 2 aromatic carbocycles. The summed E-state index contributed by atoms with van der Waals surface area (Å²) < 4.78 is 7.30. The van der Waals surface area contributed by atoms with E-state index >= 15 is 0 Å². The zero-order chi connectivity index (χ0) is 25.4. The van der Waals surface area contributed by atoms with Gasteiger partial charge in [-0.25, -0.2) is 19.1 Å². The van der Waals surface area contributed by atoms with Crippen LogP contribution in [0.5, 0.6) is 0 Å². The van der Waals surface area contributed by atoms with E-state index in [9.17, 15) is 4.79 Å². The van der Waals surface area contributed by atoms with Crippen LogP contribution in [0.2, 0.25) is 0 Å². The molecule has 5 rings (SSSR count). The van der Waals surface area contributed by atoms with Crippen LogP contribution in [0.25, 0.3) is 16.7 Å². The fourth-order valence-corrected chi connectivity index (χ4v) is 4.41. The SMILES string of the molecule is Cn1c(=S)c2c(Nc3ccccc3)n(Cc3ccc(-n4cncn4)cc3)nc2n(CC(C)(C)C)c1=O. The van der Waals surface area contributed by atoms with E-state index in [4.69, 9.17) is 17.3 Å². The lowest BCUT2D eigenvalue weighted by Crippen LogP contribution is -2.33. The van der Waals surface area contributed by atoms with Crippen molar-refractivity contribution in [3.63, 3.8) is 0 Å². The predicted octanol–water partition coefficient (Wildman–Crippen LogP) is 4.68. The molecular formula is C26H28N8OS. The van der Waals surface area contributed by atoms with Gasteiger partial charge in [-0.3, -0.25) is 9.13 Å². The number of hydrogen-bond acceptors (Lipinski definition) is 6. The van der Waals surface area contributed by atoms with Crippen LogP contribution in [-0.2, 0) is 20.1 Å². The quantitative estimate of drug-likeness (QED) is 0.341. The first kappa shape index (κ1) is 23.7. The molecule has 0 unspecified atom stereocenters. The lowest BCUT2D eigenvalue weighted by atomic mass is 9.97. The van der Waals surface area contributed by atoms with Gasteiger partial charge in [0.1, 0.15) is 23.1 Å². The molecule has 0 fully saturated rings. The van der Waals surface area contributed by atoms with Gasteiger partial charge in [0, 0.05) is 19.3 Å².